The molecule has 1 atom stereocenters. The lowest BCUT2D eigenvalue weighted by Crippen LogP contribution is -2.31. The monoisotopic (exact) mass is 335 g/mol. The average Bonchev–Trinajstić information content (AvgIpc) is 2.99. The van der Waals surface area contributed by atoms with Crippen molar-refractivity contribution in [3.8, 4) is 0 Å². The molecule has 0 saturated heterocycles. The van der Waals surface area contributed by atoms with Crippen molar-refractivity contribution in [3.05, 3.63) is 52.2 Å². The van der Waals surface area contributed by atoms with Crippen LogP contribution in [0.3, 0.4) is 0 Å². The molecule has 1 heterocycles. The van der Waals surface area contributed by atoms with E-state index in [1.54, 1.807) is 11.8 Å². The quantitative estimate of drug-likeness (QED) is 0.762. The van der Waals surface area contributed by atoms with Gasteiger partial charge in [0.05, 0.1) is 18.9 Å². The second-order valence-electron chi connectivity index (χ2n) is 4.80. The largest absolute Gasteiger partial charge is 0.481 e. The zero-order valence-electron chi connectivity index (χ0n) is 12.1. The van der Waals surface area contributed by atoms with Crippen molar-refractivity contribution in [2.75, 3.05) is 6.26 Å². The average molecular weight is 335 g/mol. The highest BCUT2D eigenvalue weighted by Gasteiger charge is 2.18. The van der Waals surface area contributed by atoms with Gasteiger partial charge in [-0.3, -0.25) is 9.59 Å². The van der Waals surface area contributed by atoms with Crippen molar-refractivity contribution in [1.29, 1.82) is 0 Å². The lowest BCUT2D eigenvalue weighted by atomic mass is 10.0. The van der Waals surface area contributed by atoms with E-state index in [9.17, 15) is 9.59 Å². The van der Waals surface area contributed by atoms with Gasteiger partial charge in [-0.2, -0.15) is 11.3 Å². The first-order valence-electron chi connectivity index (χ1n) is 6.74. The van der Waals surface area contributed by atoms with Crippen LogP contribution in [0.5, 0.6) is 0 Å². The van der Waals surface area contributed by atoms with Crippen molar-refractivity contribution in [3.63, 3.8) is 0 Å². The second kappa shape index (κ2) is 8.00. The number of carboxylic acid groups (broad SMARTS) is 1. The van der Waals surface area contributed by atoms with E-state index < -0.39 is 12.0 Å². The molecule has 4 nitrogen and oxygen atoms in total. The molecule has 0 bridgehead atoms. The predicted octanol–water partition coefficient (Wildman–Crippen LogP) is 3.34. The number of hydrogen-bond donors (Lipinski definition) is 2. The highest BCUT2D eigenvalue weighted by molar-refractivity contribution is 7.98. The van der Waals surface area contributed by atoms with Gasteiger partial charge < -0.3 is 10.4 Å². The van der Waals surface area contributed by atoms with Gasteiger partial charge in [0, 0.05) is 4.90 Å². The Bertz CT molecular complexity index is 623. The molecule has 2 N–H and O–H groups in total. The number of thioether (sulfide) groups is 1. The minimum Gasteiger partial charge on any atom is -0.481 e. The number of nitrogens with one attached hydrogen (secondary N) is 1. The first kappa shape index (κ1) is 16.6. The van der Waals surface area contributed by atoms with Crippen LogP contribution in [0.2, 0.25) is 0 Å². The van der Waals surface area contributed by atoms with E-state index in [0.29, 0.717) is 0 Å². The van der Waals surface area contributed by atoms with Crippen molar-refractivity contribution in [2.45, 2.75) is 23.8 Å². The van der Waals surface area contributed by atoms with Gasteiger partial charge in [-0.05, 0) is 46.3 Å². The molecular formula is C16H17NO3S2. The third kappa shape index (κ3) is 4.89. The normalized spacial score (nSPS) is 11.9. The fraction of sp³-hybridized carbons (Fsp3) is 0.250. The number of carbonyl (C=O) groups excluding carboxylic acids is 1. The summed E-state index contributed by atoms with van der Waals surface area (Å²) < 4.78 is 0. The van der Waals surface area contributed by atoms with Gasteiger partial charge in [-0.25, -0.2) is 0 Å². The molecule has 0 aliphatic heterocycles. The van der Waals surface area contributed by atoms with E-state index in [-0.39, 0.29) is 18.7 Å². The Kier molecular flexibility index (Phi) is 6.03. The van der Waals surface area contributed by atoms with E-state index in [4.69, 9.17) is 5.11 Å². The zero-order valence-corrected chi connectivity index (χ0v) is 13.7. The minimum atomic E-state index is -0.935. The Morgan fingerprint density at radius 1 is 1.27 bits per heavy atom. The molecule has 1 amide bonds. The van der Waals surface area contributed by atoms with Crippen LogP contribution in [-0.2, 0) is 16.0 Å². The first-order valence-corrected chi connectivity index (χ1v) is 8.91. The fourth-order valence-corrected chi connectivity index (χ4v) is 3.16. The van der Waals surface area contributed by atoms with Crippen LogP contribution in [0, 0.1) is 0 Å². The molecule has 1 aromatic carbocycles. The van der Waals surface area contributed by atoms with Crippen molar-refractivity contribution in [1.82, 2.24) is 5.32 Å². The lowest BCUT2D eigenvalue weighted by molar-refractivity contribution is -0.137. The van der Waals surface area contributed by atoms with E-state index in [0.717, 1.165) is 16.0 Å². The third-order valence-corrected chi connectivity index (χ3v) is 4.65. The summed E-state index contributed by atoms with van der Waals surface area (Å²) in [5.74, 6) is -1.10. The summed E-state index contributed by atoms with van der Waals surface area (Å²) in [6.45, 7) is 0. The Morgan fingerprint density at radius 2 is 2.00 bits per heavy atom. The second-order valence-corrected chi connectivity index (χ2v) is 6.46. The van der Waals surface area contributed by atoms with Crippen LogP contribution < -0.4 is 5.32 Å². The molecule has 116 valence electrons. The standard InChI is InChI=1S/C16H17NO3S2/c1-21-13-4-2-12(3-5-13)14(9-16(19)20)17-15(18)8-11-6-7-22-10-11/h2-7,10,14H,8-9H2,1H3,(H,17,18)(H,19,20). The molecule has 0 radical (unpaired) electrons. The van der Waals surface area contributed by atoms with Crippen LogP contribution >= 0.6 is 23.1 Å². The molecule has 22 heavy (non-hydrogen) atoms. The van der Waals surface area contributed by atoms with E-state index in [1.165, 1.54) is 11.3 Å². The molecule has 2 rings (SSSR count). The van der Waals surface area contributed by atoms with Gasteiger partial charge in [0.25, 0.3) is 0 Å². The van der Waals surface area contributed by atoms with Gasteiger partial charge >= 0.3 is 5.97 Å². The van der Waals surface area contributed by atoms with Crippen LogP contribution in [0.25, 0.3) is 0 Å². The number of hydrogen-bond acceptors (Lipinski definition) is 4. The number of benzene rings is 1. The van der Waals surface area contributed by atoms with Gasteiger partial charge in [-0.15, -0.1) is 11.8 Å². The number of aliphatic carboxylic acids is 1. The molecule has 0 saturated carbocycles. The summed E-state index contributed by atoms with van der Waals surface area (Å²) in [6.07, 6.45) is 2.11. The summed E-state index contributed by atoms with van der Waals surface area (Å²) in [5, 5.41) is 15.7. The van der Waals surface area contributed by atoms with E-state index in [2.05, 4.69) is 5.32 Å². The highest BCUT2D eigenvalue weighted by Crippen LogP contribution is 2.21. The molecule has 0 aliphatic carbocycles. The molecule has 0 aliphatic rings. The number of rotatable bonds is 7. The summed E-state index contributed by atoms with van der Waals surface area (Å²) in [7, 11) is 0. The van der Waals surface area contributed by atoms with Crippen LogP contribution in [0.4, 0.5) is 0 Å². The zero-order chi connectivity index (χ0) is 15.9. The first-order chi connectivity index (χ1) is 10.6. The third-order valence-electron chi connectivity index (χ3n) is 3.18. The Morgan fingerprint density at radius 3 is 2.55 bits per heavy atom. The number of carboxylic acids is 1. The number of carbonyl (C=O) groups is 2. The summed E-state index contributed by atoms with van der Waals surface area (Å²) in [6, 6.07) is 8.97. The molecule has 0 fully saturated rings. The SMILES string of the molecule is CSc1ccc(C(CC(=O)O)NC(=O)Cc2ccsc2)cc1. The summed E-state index contributed by atoms with van der Waals surface area (Å²) >= 11 is 3.15. The Hall–Kier alpha value is -1.79. The molecule has 1 unspecified atom stereocenters. The molecule has 1 aromatic heterocycles. The van der Waals surface area contributed by atoms with Crippen molar-refractivity contribution < 1.29 is 14.7 Å². The molecule has 0 spiro atoms. The minimum absolute atomic E-state index is 0.131. The van der Waals surface area contributed by atoms with Gasteiger partial charge in [0.1, 0.15) is 0 Å². The fourth-order valence-electron chi connectivity index (χ4n) is 2.09. The Labute approximate surface area is 137 Å². The van der Waals surface area contributed by atoms with Crippen LogP contribution in [-0.4, -0.2) is 23.2 Å². The van der Waals surface area contributed by atoms with Gasteiger partial charge in [0.15, 0.2) is 0 Å². The lowest BCUT2D eigenvalue weighted by Gasteiger charge is -2.17. The van der Waals surface area contributed by atoms with Crippen LogP contribution in [0.15, 0.2) is 46.0 Å². The molecule has 6 heteroatoms. The van der Waals surface area contributed by atoms with E-state index in [1.807, 2.05) is 47.3 Å². The number of amides is 1. The Balaban J connectivity index is 2.07. The maximum Gasteiger partial charge on any atom is 0.305 e. The van der Waals surface area contributed by atoms with Crippen molar-refractivity contribution in [2.24, 2.45) is 0 Å². The van der Waals surface area contributed by atoms with Crippen LogP contribution in [0.1, 0.15) is 23.6 Å². The van der Waals surface area contributed by atoms with E-state index >= 15 is 0 Å². The topological polar surface area (TPSA) is 66.4 Å². The smallest absolute Gasteiger partial charge is 0.305 e. The summed E-state index contributed by atoms with van der Waals surface area (Å²) in [5.41, 5.74) is 1.74. The maximum absolute atomic E-state index is 12.1. The highest BCUT2D eigenvalue weighted by atomic mass is 32.2. The summed E-state index contributed by atoms with van der Waals surface area (Å²) in [4.78, 5) is 24.2. The van der Waals surface area contributed by atoms with Crippen molar-refractivity contribution >= 4 is 35.0 Å². The van der Waals surface area contributed by atoms with Gasteiger partial charge in [-0.1, -0.05) is 12.1 Å². The number of thiophene rings is 1. The maximum atomic E-state index is 12.1. The molecular weight excluding hydrogens is 318 g/mol. The molecule has 2 aromatic rings. The van der Waals surface area contributed by atoms with Gasteiger partial charge in [0.2, 0.25) is 5.91 Å². The predicted molar refractivity (Wildman–Crippen MR) is 89.4 cm³/mol.